The first-order chi connectivity index (χ1) is 18.3. The molecule has 0 aliphatic carbocycles. The SMILES string of the molecule is COCOCC(O)C(COCOC)NCc1cn(COCc2ccccc2)c2c(OC(C)(C)C)ncnc12. The van der Waals surface area contributed by atoms with Crippen LogP contribution in [0.15, 0.2) is 42.9 Å². The highest BCUT2D eigenvalue weighted by Crippen LogP contribution is 2.29. The van der Waals surface area contributed by atoms with Crippen LogP contribution in [0.3, 0.4) is 0 Å². The van der Waals surface area contributed by atoms with Crippen molar-refractivity contribution >= 4 is 11.0 Å². The van der Waals surface area contributed by atoms with Crippen molar-refractivity contribution in [2.24, 2.45) is 0 Å². The van der Waals surface area contributed by atoms with Crippen molar-refractivity contribution in [3.8, 4) is 5.88 Å². The molecule has 0 saturated carbocycles. The van der Waals surface area contributed by atoms with Crippen LogP contribution in [-0.2, 0) is 43.6 Å². The lowest BCUT2D eigenvalue weighted by Gasteiger charge is -2.24. The van der Waals surface area contributed by atoms with E-state index in [2.05, 4.69) is 15.3 Å². The number of benzene rings is 1. The van der Waals surface area contributed by atoms with E-state index in [0.29, 0.717) is 19.0 Å². The van der Waals surface area contributed by atoms with E-state index in [1.807, 2.05) is 61.9 Å². The molecule has 2 heterocycles. The Hall–Kier alpha value is -2.64. The highest BCUT2D eigenvalue weighted by atomic mass is 16.7. The normalized spacial score (nSPS) is 13.6. The van der Waals surface area contributed by atoms with Crippen molar-refractivity contribution < 1.29 is 33.5 Å². The Balaban J connectivity index is 1.81. The van der Waals surface area contributed by atoms with Crippen LogP contribution in [0.4, 0.5) is 0 Å². The van der Waals surface area contributed by atoms with Gasteiger partial charge in [-0.05, 0) is 26.3 Å². The second-order valence-corrected chi connectivity index (χ2v) is 9.79. The molecule has 2 aromatic heterocycles. The van der Waals surface area contributed by atoms with Crippen LogP contribution in [-0.4, -0.2) is 78.4 Å². The predicted molar refractivity (Wildman–Crippen MR) is 141 cm³/mol. The molecule has 0 bridgehead atoms. The molecule has 3 rings (SSSR count). The van der Waals surface area contributed by atoms with Gasteiger partial charge in [0.1, 0.15) is 43.3 Å². The van der Waals surface area contributed by atoms with Crippen LogP contribution in [0, 0.1) is 0 Å². The number of hydrogen-bond donors (Lipinski definition) is 2. The lowest BCUT2D eigenvalue weighted by atomic mass is 10.1. The molecule has 0 aliphatic heterocycles. The number of aliphatic hydroxyl groups is 1. The number of methoxy groups -OCH3 is 2. The molecule has 0 spiro atoms. The van der Waals surface area contributed by atoms with Crippen LogP contribution in [0.1, 0.15) is 31.9 Å². The van der Waals surface area contributed by atoms with Gasteiger partial charge in [0.25, 0.3) is 0 Å². The summed E-state index contributed by atoms with van der Waals surface area (Å²) in [5.74, 6) is 0.477. The molecule has 38 heavy (non-hydrogen) atoms. The highest BCUT2D eigenvalue weighted by Gasteiger charge is 2.23. The van der Waals surface area contributed by atoms with E-state index >= 15 is 0 Å². The Bertz CT molecular complexity index is 1090. The van der Waals surface area contributed by atoms with E-state index < -0.39 is 17.7 Å². The fraction of sp³-hybridized carbons (Fsp3) is 0.556. The molecule has 1 aromatic carbocycles. The van der Waals surface area contributed by atoms with Crippen molar-refractivity contribution in [1.82, 2.24) is 19.9 Å². The van der Waals surface area contributed by atoms with Gasteiger partial charge in [-0.2, -0.15) is 4.98 Å². The summed E-state index contributed by atoms with van der Waals surface area (Å²) in [7, 11) is 3.08. The molecule has 11 nitrogen and oxygen atoms in total. The number of rotatable bonds is 17. The van der Waals surface area contributed by atoms with E-state index in [1.54, 1.807) is 7.11 Å². The highest BCUT2D eigenvalue weighted by molar-refractivity contribution is 5.84. The van der Waals surface area contributed by atoms with E-state index in [9.17, 15) is 5.11 Å². The largest absolute Gasteiger partial charge is 0.470 e. The van der Waals surface area contributed by atoms with Crippen LogP contribution < -0.4 is 10.1 Å². The molecular formula is C27H40N4O7. The predicted octanol–water partition coefficient (Wildman–Crippen LogP) is 2.84. The molecular weight excluding hydrogens is 492 g/mol. The first-order valence-electron chi connectivity index (χ1n) is 12.5. The molecule has 0 amide bonds. The first-order valence-corrected chi connectivity index (χ1v) is 12.5. The molecule has 11 heteroatoms. The first kappa shape index (κ1) is 29.9. The number of ether oxygens (including phenoxy) is 6. The Morgan fingerprint density at radius 1 is 0.974 bits per heavy atom. The molecule has 0 fully saturated rings. The number of aromatic nitrogens is 3. The summed E-state index contributed by atoms with van der Waals surface area (Å²) in [5.41, 5.74) is 3.00. The Kier molecular flexibility index (Phi) is 11.9. The zero-order valence-electron chi connectivity index (χ0n) is 22.9. The van der Waals surface area contributed by atoms with Crippen LogP contribution >= 0.6 is 0 Å². The van der Waals surface area contributed by atoms with Gasteiger partial charge in [-0.25, -0.2) is 4.98 Å². The summed E-state index contributed by atoms with van der Waals surface area (Å²) in [4.78, 5) is 8.97. The monoisotopic (exact) mass is 532 g/mol. The van der Waals surface area contributed by atoms with Gasteiger partial charge in [-0.3, -0.25) is 0 Å². The van der Waals surface area contributed by atoms with Crippen LogP contribution in [0.25, 0.3) is 11.0 Å². The molecule has 0 radical (unpaired) electrons. The summed E-state index contributed by atoms with van der Waals surface area (Å²) < 4.78 is 34.9. The van der Waals surface area contributed by atoms with Crippen LogP contribution in [0.5, 0.6) is 5.88 Å². The smallest absolute Gasteiger partial charge is 0.242 e. The van der Waals surface area contributed by atoms with Gasteiger partial charge in [0.2, 0.25) is 5.88 Å². The second kappa shape index (κ2) is 15.1. The third kappa shape index (κ3) is 9.28. The quantitative estimate of drug-likeness (QED) is 0.198. The Morgan fingerprint density at radius 3 is 2.37 bits per heavy atom. The summed E-state index contributed by atoms with van der Waals surface area (Å²) in [6.45, 7) is 7.57. The maximum absolute atomic E-state index is 10.7. The number of nitrogens with zero attached hydrogens (tertiary/aromatic N) is 3. The van der Waals surface area contributed by atoms with Crippen molar-refractivity contribution in [3.05, 3.63) is 54.0 Å². The maximum Gasteiger partial charge on any atom is 0.242 e. The fourth-order valence-corrected chi connectivity index (χ4v) is 3.78. The minimum Gasteiger partial charge on any atom is -0.470 e. The molecule has 0 saturated heterocycles. The van der Waals surface area contributed by atoms with E-state index in [0.717, 1.165) is 22.2 Å². The summed E-state index contributed by atoms with van der Waals surface area (Å²) in [6.07, 6.45) is 2.63. The molecule has 2 N–H and O–H groups in total. The summed E-state index contributed by atoms with van der Waals surface area (Å²) in [5, 5.41) is 14.1. The topological polar surface area (TPSA) is 118 Å². The lowest BCUT2D eigenvalue weighted by Crippen LogP contribution is -2.45. The molecule has 0 aliphatic rings. The summed E-state index contributed by atoms with van der Waals surface area (Å²) >= 11 is 0. The zero-order chi connectivity index (χ0) is 27.4. The van der Waals surface area contributed by atoms with Crippen molar-refractivity contribution in [2.45, 2.75) is 58.4 Å². The van der Waals surface area contributed by atoms with Gasteiger partial charge >= 0.3 is 0 Å². The molecule has 2 atom stereocenters. The van der Waals surface area contributed by atoms with Gasteiger partial charge in [-0.1, -0.05) is 30.3 Å². The van der Waals surface area contributed by atoms with Gasteiger partial charge in [0, 0.05) is 32.5 Å². The van der Waals surface area contributed by atoms with Gasteiger partial charge in [0.05, 0.1) is 32.0 Å². The second-order valence-electron chi connectivity index (χ2n) is 9.79. The van der Waals surface area contributed by atoms with Crippen molar-refractivity contribution in [1.29, 1.82) is 0 Å². The molecule has 2 unspecified atom stereocenters. The van der Waals surface area contributed by atoms with Crippen molar-refractivity contribution in [2.75, 3.05) is 41.0 Å². The van der Waals surface area contributed by atoms with Crippen LogP contribution in [0.2, 0.25) is 0 Å². The van der Waals surface area contributed by atoms with E-state index in [4.69, 9.17) is 28.4 Å². The van der Waals surface area contributed by atoms with E-state index in [-0.39, 0.29) is 33.5 Å². The number of fused-ring (bicyclic) bond motifs is 1. The number of nitrogens with one attached hydrogen (secondary N) is 1. The number of hydrogen-bond acceptors (Lipinski definition) is 10. The Labute approximate surface area is 224 Å². The third-order valence-corrected chi connectivity index (χ3v) is 5.44. The average Bonchev–Trinajstić information content (AvgIpc) is 3.24. The minimum atomic E-state index is -0.834. The number of aliphatic hydroxyl groups excluding tert-OH is 1. The van der Waals surface area contributed by atoms with Gasteiger partial charge in [-0.15, -0.1) is 0 Å². The standard InChI is InChI=1S/C27H40N4O7/c1-27(2,3)38-26-25-24(29-16-30-26)21(12-31(25)17-35-13-20-9-7-6-8-10-20)11-28-22(14-36-18-33-4)23(32)15-37-19-34-5/h6-10,12,16,22-23,28,32H,11,13-15,17-19H2,1-5H3. The zero-order valence-corrected chi connectivity index (χ0v) is 22.9. The molecule has 3 aromatic rings. The van der Waals surface area contributed by atoms with Gasteiger partial charge < -0.3 is 43.4 Å². The third-order valence-electron chi connectivity index (χ3n) is 5.44. The minimum absolute atomic E-state index is 0.0860. The van der Waals surface area contributed by atoms with Crippen molar-refractivity contribution in [3.63, 3.8) is 0 Å². The van der Waals surface area contributed by atoms with E-state index in [1.165, 1.54) is 13.4 Å². The molecule has 210 valence electrons. The summed E-state index contributed by atoms with van der Waals surface area (Å²) in [6, 6.07) is 9.56. The lowest BCUT2D eigenvalue weighted by molar-refractivity contribution is -0.0869. The maximum atomic E-state index is 10.7. The average molecular weight is 533 g/mol. The van der Waals surface area contributed by atoms with Gasteiger partial charge in [0.15, 0.2) is 0 Å². The Morgan fingerprint density at radius 2 is 1.68 bits per heavy atom. The fourth-order valence-electron chi connectivity index (χ4n) is 3.78.